The standard InChI is InChI=1S/C16H19Cl2NO4/c1-4-5-8-23-10(2)14(20)19-16(3,15(21)22)11-6-7-12(17)13(18)9-11/h4,6-7,9-10H,1,5,8H2,2-3H3,(H,19,20)(H,21,22). The van der Waals surface area contributed by atoms with Crippen LogP contribution >= 0.6 is 23.2 Å². The Labute approximate surface area is 145 Å². The monoisotopic (exact) mass is 359 g/mol. The molecule has 2 unspecified atom stereocenters. The van der Waals surface area contributed by atoms with Crippen molar-refractivity contribution in [3.8, 4) is 0 Å². The largest absolute Gasteiger partial charge is 0.479 e. The quantitative estimate of drug-likeness (QED) is 0.550. The number of amides is 1. The molecule has 0 aromatic heterocycles. The molecule has 0 aliphatic carbocycles. The Morgan fingerprint density at radius 2 is 2.09 bits per heavy atom. The number of carboxylic acids is 1. The van der Waals surface area contributed by atoms with E-state index < -0.39 is 23.5 Å². The molecule has 1 amide bonds. The second kappa shape index (κ2) is 8.34. The number of carbonyl (C=O) groups is 2. The fourth-order valence-corrected chi connectivity index (χ4v) is 2.11. The molecule has 0 saturated carbocycles. The van der Waals surface area contributed by atoms with E-state index in [0.29, 0.717) is 23.6 Å². The van der Waals surface area contributed by atoms with Gasteiger partial charge in [-0.05, 0) is 38.0 Å². The van der Waals surface area contributed by atoms with Gasteiger partial charge in [0.2, 0.25) is 5.91 Å². The van der Waals surface area contributed by atoms with Crippen LogP contribution in [0.2, 0.25) is 10.0 Å². The van der Waals surface area contributed by atoms with E-state index in [0.717, 1.165) is 0 Å². The number of ether oxygens (including phenoxy) is 1. The predicted molar refractivity (Wildman–Crippen MR) is 89.8 cm³/mol. The zero-order valence-electron chi connectivity index (χ0n) is 12.9. The van der Waals surface area contributed by atoms with Crippen LogP contribution in [-0.2, 0) is 19.9 Å². The van der Waals surface area contributed by atoms with Gasteiger partial charge in [0, 0.05) is 0 Å². The summed E-state index contributed by atoms with van der Waals surface area (Å²) < 4.78 is 5.33. The second-order valence-electron chi connectivity index (χ2n) is 5.14. The van der Waals surface area contributed by atoms with Crippen LogP contribution in [0.15, 0.2) is 30.9 Å². The number of hydrogen-bond acceptors (Lipinski definition) is 3. The molecule has 0 saturated heterocycles. The first-order valence-corrected chi connectivity index (χ1v) is 7.71. The molecule has 1 aromatic carbocycles. The van der Waals surface area contributed by atoms with Crippen molar-refractivity contribution in [3.05, 3.63) is 46.5 Å². The van der Waals surface area contributed by atoms with Gasteiger partial charge >= 0.3 is 5.97 Å². The first-order chi connectivity index (χ1) is 10.7. The number of aliphatic carboxylic acids is 1. The fourth-order valence-electron chi connectivity index (χ4n) is 1.81. The summed E-state index contributed by atoms with van der Waals surface area (Å²) >= 11 is 11.8. The number of nitrogens with one attached hydrogen (secondary N) is 1. The molecule has 0 bridgehead atoms. The van der Waals surface area contributed by atoms with Gasteiger partial charge in [0.1, 0.15) is 6.10 Å². The average Bonchev–Trinajstić information content (AvgIpc) is 2.49. The van der Waals surface area contributed by atoms with Crippen molar-refractivity contribution in [2.45, 2.75) is 31.9 Å². The van der Waals surface area contributed by atoms with Crippen LogP contribution in [-0.4, -0.2) is 29.7 Å². The number of rotatable bonds is 8. The molecule has 2 N–H and O–H groups in total. The molecule has 0 fully saturated rings. The molecule has 0 radical (unpaired) electrons. The van der Waals surface area contributed by atoms with Crippen molar-refractivity contribution in [3.63, 3.8) is 0 Å². The van der Waals surface area contributed by atoms with E-state index in [4.69, 9.17) is 27.9 Å². The van der Waals surface area contributed by atoms with E-state index in [2.05, 4.69) is 11.9 Å². The summed E-state index contributed by atoms with van der Waals surface area (Å²) in [5.74, 6) is -1.76. The van der Waals surface area contributed by atoms with E-state index in [-0.39, 0.29) is 5.02 Å². The summed E-state index contributed by atoms with van der Waals surface area (Å²) in [7, 11) is 0. The van der Waals surface area contributed by atoms with Crippen LogP contribution in [0, 0.1) is 0 Å². The summed E-state index contributed by atoms with van der Waals surface area (Å²) in [6.07, 6.45) is 1.47. The molecule has 1 rings (SSSR count). The molecule has 0 aliphatic rings. The summed E-state index contributed by atoms with van der Waals surface area (Å²) in [6.45, 7) is 6.82. The molecular weight excluding hydrogens is 341 g/mol. The Bertz CT molecular complexity index is 606. The third-order valence-corrected chi connectivity index (χ3v) is 4.10. The maximum absolute atomic E-state index is 12.2. The molecule has 23 heavy (non-hydrogen) atoms. The van der Waals surface area contributed by atoms with Gasteiger partial charge in [-0.25, -0.2) is 4.79 Å². The number of carboxylic acid groups (broad SMARTS) is 1. The van der Waals surface area contributed by atoms with Gasteiger partial charge in [-0.15, -0.1) is 6.58 Å². The van der Waals surface area contributed by atoms with Crippen LogP contribution < -0.4 is 5.32 Å². The van der Waals surface area contributed by atoms with Gasteiger partial charge in [0.25, 0.3) is 0 Å². The summed E-state index contributed by atoms with van der Waals surface area (Å²) in [5, 5.41) is 12.5. The molecule has 0 heterocycles. The first-order valence-electron chi connectivity index (χ1n) is 6.95. The van der Waals surface area contributed by atoms with Crippen molar-refractivity contribution in [2.75, 3.05) is 6.61 Å². The Balaban J connectivity index is 2.96. The molecule has 7 heteroatoms. The Morgan fingerprint density at radius 1 is 1.43 bits per heavy atom. The molecule has 0 spiro atoms. The van der Waals surface area contributed by atoms with Gasteiger partial charge in [0.05, 0.1) is 16.7 Å². The van der Waals surface area contributed by atoms with E-state index in [1.54, 1.807) is 13.0 Å². The molecule has 5 nitrogen and oxygen atoms in total. The van der Waals surface area contributed by atoms with Crippen LogP contribution in [0.25, 0.3) is 0 Å². The van der Waals surface area contributed by atoms with Gasteiger partial charge in [-0.1, -0.05) is 35.3 Å². The lowest BCUT2D eigenvalue weighted by Gasteiger charge is -2.28. The number of benzene rings is 1. The Kier molecular flexibility index (Phi) is 7.06. The van der Waals surface area contributed by atoms with Gasteiger partial charge in [-0.2, -0.15) is 0 Å². The lowest BCUT2D eigenvalue weighted by atomic mass is 9.91. The summed E-state index contributed by atoms with van der Waals surface area (Å²) in [5.41, 5.74) is -1.34. The van der Waals surface area contributed by atoms with Crippen molar-refractivity contribution in [2.24, 2.45) is 0 Å². The van der Waals surface area contributed by atoms with E-state index >= 15 is 0 Å². The van der Waals surface area contributed by atoms with E-state index in [9.17, 15) is 14.7 Å². The number of carbonyl (C=O) groups excluding carboxylic acids is 1. The van der Waals surface area contributed by atoms with Crippen molar-refractivity contribution < 1.29 is 19.4 Å². The number of hydrogen-bond donors (Lipinski definition) is 2. The molecule has 2 atom stereocenters. The van der Waals surface area contributed by atoms with E-state index in [1.165, 1.54) is 25.1 Å². The van der Waals surface area contributed by atoms with Crippen LogP contribution in [0.5, 0.6) is 0 Å². The van der Waals surface area contributed by atoms with Gasteiger partial charge in [0.15, 0.2) is 5.54 Å². The minimum absolute atomic E-state index is 0.209. The highest BCUT2D eigenvalue weighted by molar-refractivity contribution is 6.42. The Morgan fingerprint density at radius 3 is 2.61 bits per heavy atom. The first kappa shape index (κ1) is 19.5. The third kappa shape index (κ3) is 4.96. The summed E-state index contributed by atoms with van der Waals surface area (Å²) in [6, 6.07) is 4.41. The molecule has 126 valence electrons. The highest BCUT2D eigenvalue weighted by atomic mass is 35.5. The second-order valence-corrected chi connectivity index (χ2v) is 5.95. The van der Waals surface area contributed by atoms with Crippen molar-refractivity contribution >= 4 is 35.1 Å². The van der Waals surface area contributed by atoms with Crippen LogP contribution in [0.4, 0.5) is 0 Å². The topological polar surface area (TPSA) is 75.6 Å². The third-order valence-electron chi connectivity index (χ3n) is 3.36. The highest BCUT2D eigenvalue weighted by Crippen LogP contribution is 2.29. The smallest absolute Gasteiger partial charge is 0.333 e. The predicted octanol–water partition coefficient (Wildman–Crippen LogP) is 3.39. The molecular formula is C16H19Cl2NO4. The minimum Gasteiger partial charge on any atom is -0.479 e. The normalized spacial score (nSPS) is 14.6. The number of halogens is 2. The van der Waals surface area contributed by atoms with E-state index in [1.807, 2.05) is 0 Å². The zero-order valence-corrected chi connectivity index (χ0v) is 14.4. The van der Waals surface area contributed by atoms with Crippen molar-refractivity contribution in [1.82, 2.24) is 5.32 Å². The lowest BCUT2D eigenvalue weighted by molar-refractivity contribution is -0.149. The van der Waals surface area contributed by atoms with Gasteiger partial charge < -0.3 is 15.2 Å². The summed E-state index contributed by atoms with van der Waals surface area (Å²) in [4.78, 5) is 23.9. The van der Waals surface area contributed by atoms with Crippen molar-refractivity contribution in [1.29, 1.82) is 0 Å². The maximum Gasteiger partial charge on any atom is 0.333 e. The molecule has 0 aliphatic heterocycles. The van der Waals surface area contributed by atoms with Gasteiger partial charge in [-0.3, -0.25) is 4.79 Å². The SMILES string of the molecule is C=CCCOC(C)C(=O)NC(C)(C(=O)O)c1ccc(Cl)c(Cl)c1. The Hall–Kier alpha value is -1.56. The van der Waals surface area contributed by atoms with Crippen LogP contribution in [0.1, 0.15) is 25.8 Å². The average molecular weight is 360 g/mol. The minimum atomic E-state index is -1.65. The highest BCUT2D eigenvalue weighted by Gasteiger charge is 2.38. The molecule has 1 aromatic rings. The van der Waals surface area contributed by atoms with Crippen LogP contribution in [0.3, 0.4) is 0 Å². The zero-order chi connectivity index (χ0) is 17.6. The maximum atomic E-state index is 12.2. The fraction of sp³-hybridized carbons (Fsp3) is 0.375. The lowest BCUT2D eigenvalue weighted by Crippen LogP contribution is -2.52.